The van der Waals surface area contributed by atoms with E-state index >= 15 is 0 Å². The maximum Gasteiger partial charge on any atom is 0.00664 e. The Labute approximate surface area is 188 Å². The lowest BCUT2D eigenvalue weighted by molar-refractivity contribution is 0.892. The van der Waals surface area contributed by atoms with Crippen molar-refractivity contribution in [2.24, 2.45) is 0 Å². The molecule has 0 nitrogen and oxygen atoms in total. The number of benzene rings is 4. The summed E-state index contributed by atoms with van der Waals surface area (Å²) in [6.45, 7) is 11.1. The van der Waals surface area contributed by atoms with Crippen molar-refractivity contribution in [2.45, 2.75) is 47.0 Å². The van der Waals surface area contributed by atoms with Gasteiger partial charge in [0.1, 0.15) is 0 Å². The highest BCUT2D eigenvalue weighted by Gasteiger charge is 2.14. The molecule has 0 saturated heterocycles. The fourth-order valence-electron chi connectivity index (χ4n) is 4.08. The van der Waals surface area contributed by atoms with E-state index in [2.05, 4.69) is 132 Å². The van der Waals surface area contributed by atoms with Crippen LogP contribution >= 0.6 is 0 Å². The van der Waals surface area contributed by atoms with Gasteiger partial charge >= 0.3 is 0 Å². The lowest BCUT2D eigenvalue weighted by Gasteiger charge is -2.19. The molecule has 0 N–H and O–H groups in total. The van der Waals surface area contributed by atoms with E-state index in [0.29, 0.717) is 5.92 Å². The van der Waals surface area contributed by atoms with Crippen molar-refractivity contribution in [3.05, 3.63) is 142 Å². The number of hydrogen-bond donors (Lipinski definition) is 0. The molecule has 0 heteroatoms. The van der Waals surface area contributed by atoms with Gasteiger partial charge in [0.05, 0.1) is 0 Å². The first-order valence-corrected chi connectivity index (χ1v) is 11.2. The van der Waals surface area contributed by atoms with Gasteiger partial charge in [-0.3, -0.25) is 0 Å². The molecule has 0 atom stereocenters. The second-order valence-electron chi connectivity index (χ2n) is 8.45. The summed E-state index contributed by atoms with van der Waals surface area (Å²) in [6.07, 6.45) is 1.03. The van der Waals surface area contributed by atoms with Crippen LogP contribution in [-0.4, -0.2) is 0 Å². The second kappa shape index (κ2) is 10.8. The lowest BCUT2D eigenvalue weighted by Crippen LogP contribution is -2.03. The highest BCUT2D eigenvalue weighted by Crippen LogP contribution is 2.31. The second-order valence-corrected chi connectivity index (χ2v) is 8.45. The number of hydrogen-bond acceptors (Lipinski definition) is 0. The summed E-state index contributed by atoms with van der Waals surface area (Å²) in [5.41, 5.74) is 11.2. The molecule has 0 aliphatic carbocycles. The van der Waals surface area contributed by atoms with Crippen molar-refractivity contribution in [2.75, 3.05) is 0 Å². The van der Waals surface area contributed by atoms with Gasteiger partial charge in [0.2, 0.25) is 0 Å². The summed E-state index contributed by atoms with van der Waals surface area (Å²) < 4.78 is 0. The van der Waals surface area contributed by atoms with Gasteiger partial charge in [-0.25, -0.2) is 0 Å². The van der Waals surface area contributed by atoms with Crippen molar-refractivity contribution in [1.29, 1.82) is 0 Å². The summed E-state index contributed by atoms with van der Waals surface area (Å²) >= 11 is 0. The van der Waals surface area contributed by atoms with E-state index in [1.807, 2.05) is 0 Å². The molecule has 0 unspecified atom stereocenters. The molecule has 4 aromatic rings. The standard InChI is InChI=1S/C18H22.C13H12/c1-12-8-6-10-17(14(12)3)16(5)18-11-7-9-13(2)15(18)4;1-3-7-12(8-4-1)11-13-9-5-2-6-10-13/h6-11,16H,1-5H3;1-10H,11H2. The molecular weight excluding hydrogens is 372 g/mol. The quantitative estimate of drug-likeness (QED) is 0.319. The normalized spacial score (nSPS) is 10.5. The lowest BCUT2D eigenvalue weighted by atomic mass is 9.85. The molecule has 0 aliphatic rings. The first kappa shape index (κ1) is 22.6. The molecule has 0 fully saturated rings. The smallest absolute Gasteiger partial charge is 0.00664 e. The Morgan fingerprint density at radius 3 is 1.26 bits per heavy atom. The average molecular weight is 407 g/mol. The fraction of sp³-hybridized carbons (Fsp3) is 0.226. The van der Waals surface area contributed by atoms with Crippen LogP contribution in [0.1, 0.15) is 57.3 Å². The molecule has 4 rings (SSSR count). The summed E-state index contributed by atoms with van der Waals surface area (Å²) in [7, 11) is 0. The summed E-state index contributed by atoms with van der Waals surface area (Å²) in [6, 6.07) is 34.3. The largest absolute Gasteiger partial charge is 0.0622 e. The molecular formula is C31H34. The van der Waals surface area contributed by atoms with Crippen LogP contribution in [-0.2, 0) is 6.42 Å². The molecule has 0 saturated carbocycles. The highest BCUT2D eigenvalue weighted by molar-refractivity contribution is 5.44. The highest BCUT2D eigenvalue weighted by atomic mass is 14.2. The van der Waals surface area contributed by atoms with E-state index in [4.69, 9.17) is 0 Å². The van der Waals surface area contributed by atoms with E-state index in [1.165, 1.54) is 44.5 Å². The third kappa shape index (κ3) is 5.95. The molecule has 158 valence electrons. The minimum atomic E-state index is 0.463. The fourth-order valence-corrected chi connectivity index (χ4v) is 4.08. The topological polar surface area (TPSA) is 0 Å². The maximum atomic E-state index is 2.31. The van der Waals surface area contributed by atoms with E-state index in [9.17, 15) is 0 Å². The Morgan fingerprint density at radius 2 is 0.871 bits per heavy atom. The Morgan fingerprint density at radius 1 is 0.484 bits per heavy atom. The zero-order chi connectivity index (χ0) is 22.2. The van der Waals surface area contributed by atoms with Crippen LogP contribution < -0.4 is 0 Å². The molecule has 0 aliphatic heterocycles. The van der Waals surface area contributed by atoms with Gasteiger partial charge in [0.25, 0.3) is 0 Å². The molecule has 0 spiro atoms. The van der Waals surface area contributed by atoms with Gasteiger partial charge in [0, 0.05) is 5.92 Å². The van der Waals surface area contributed by atoms with Gasteiger partial charge in [0.15, 0.2) is 0 Å². The first-order chi connectivity index (χ1) is 15.0. The minimum Gasteiger partial charge on any atom is -0.0622 e. The van der Waals surface area contributed by atoms with Crippen LogP contribution in [0, 0.1) is 27.7 Å². The van der Waals surface area contributed by atoms with Crippen LogP contribution in [0.3, 0.4) is 0 Å². The summed E-state index contributed by atoms with van der Waals surface area (Å²) in [5.74, 6) is 0.463. The molecule has 0 aromatic heterocycles. The molecule has 0 amide bonds. The Hall–Kier alpha value is -3.12. The first-order valence-electron chi connectivity index (χ1n) is 11.2. The van der Waals surface area contributed by atoms with Gasteiger partial charge in [-0.2, -0.15) is 0 Å². The van der Waals surface area contributed by atoms with Crippen molar-refractivity contribution >= 4 is 0 Å². The van der Waals surface area contributed by atoms with Gasteiger partial charge in [-0.1, -0.05) is 104 Å². The monoisotopic (exact) mass is 406 g/mol. The Bertz CT molecular complexity index is 1000. The molecule has 31 heavy (non-hydrogen) atoms. The van der Waals surface area contributed by atoms with Gasteiger partial charge < -0.3 is 0 Å². The predicted molar refractivity (Wildman–Crippen MR) is 135 cm³/mol. The van der Waals surface area contributed by atoms with E-state index in [-0.39, 0.29) is 0 Å². The van der Waals surface area contributed by atoms with Crippen LogP contribution in [0.5, 0.6) is 0 Å². The zero-order valence-corrected chi connectivity index (χ0v) is 19.5. The third-order valence-electron chi connectivity index (χ3n) is 6.32. The van der Waals surface area contributed by atoms with Gasteiger partial charge in [-0.15, -0.1) is 0 Å². The zero-order valence-electron chi connectivity index (χ0n) is 19.5. The Kier molecular flexibility index (Phi) is 7.84. The third-order valence-corrected chi connectivity index (χ3v) is 6.32. The number of rotatable bonds is 4. The molecule has 0 bridgehead atoms. The Balaban J connectivity index is 0.000000185. The van der Waals surface area contributed by atoms with Crippen molar-refractivity contribution in [3.8, 4) is 0 Å². The summed E-state index contributed by atoms with van der Waals surface area (Å²) in [5, 5.41) is 0. The molecule has 0 heterocycles. The summed E-state index contributed by atoms with van der Waals surface area (Å²) in [4.78, 5) is 0. The average Bonchev–Trinajstić information content (AvgIpc) is 2.79. The van der Waals surface area contributed by atoms with Crippen LogP contribution in [0.15, 0.2) is 97.1 Å². The molecule has 0 radical (unpaired) electrons. The van der Waals surface area contributed by atoms with Crippen LogP contribution in [0.25, 0.3) is 0 Å². The van der Waals surface area contributed by atoms with E-state index < -0.39 is 0 Å². The molecule has 4 aromatic carbocycles. The van der Waals surface area contributed by atoms with Crippen molar-refractivity contribution in [1.82, 2.24) is 0 Å². The predicted octanol–water partition coefficient (Wildman–Crippen LogP) is 8.35. The van der Waals surface area contributed by atoms with Crippen LogP contribution in [0.4, 0.5) is 0 Å². The maximum absolute atomic E-state index is 2.31. The van der Waals surface area contributed by atoms with E-state index in [1.54, 1.807) is 0 Å². The SMILES string of the molecule is Cc1cccc(C(C)c2cccc(C)c2C)c1C.c1ccc(Cc2ccccc2)cc1. The van der Waals surface area contributed by atoms with Gasteiger partial charge in [-0.05, 0) is 78.6 Å². The minimum absolute atomic E-state index is 0.463. The van der Waals surface area contributed by atoms with Crippen molar-refractivity contribution < 1.29 is 0 Å². The number of aryl methyl sites for hydroxylation is 2. The van der Waals surface area contributed by atoms with Crippen molar-refractivity contribution in [3.63, 3.8) is 0 Å². The van der Waals surface area contributed by atoms with Crippen LogP contribution in [0.2, 0.25) is 0 Å². The van der Waals surface area contributed by atoms with E-state index in [0.717, 1.165) is 6.42 Å².